The Kier molecular flexibility index (Phi) is 8.41. The van der Waals surface area contributed by atoms with Crippen LogP contribution in [-0.2, 0) is 27.4 Å². The molecule has 1 fully saturated rings. The summed E-state index contributed by atoms with van der Waals surface area (Å²) in [6, 6.07) is 8.26. The van der Waals surface area contributed by atoms with Crippen LogP contribution in [0.5, 0.6) is 0 Å². The number of hydrogen-bond donors (Lipinski definition) is 1. The summed E-state index contributed by atoms with van der Waals surface area (Å²) in [5.41, 5.74) is 2.38. The number of piperidine rings is 1. The lowest BCUT2D eigenvalue weighted by Crippen LogP contribution is -2.48. The third kappa shape index (κ3) is 5.73. The van der Waals surface area contributed by atoms with Crippen LogP contribution < -0.4 is 5.32 Å². The number of carbonyl (C=O) groups excluding carboxylic acids is 1. The van der Waals surface area contributed by atoms with Crippen LogP contribution in [0.3, 0.4) is 0 Å². The Balaban J connectivity index is 1.96. The van der Waals surface area contributed by atoms with Gasteiger partial charge in [-0.15, -0.1) is 0 Å². The first-order valence-corrected chi connectivity index (χ1v) is 9.46. The van der Waals surface area contributed by atoms with Crippen molar-refractivity contribution in [3.05, 3.63) is 35.4 Å². The highest BCUT2D eigenvalue weighted by Crippen LogP contribution is 2.18. The summed E-state index contributed by atoms with van der Waals surface area (Å²) in [5.74, 6) is 0.646. The first-order chi connectivity index (χ1) is 12.7. The molecule has 0 amide bonds. The number of benzene rings is 1. The number of nitrogens with one attached hydrogen (secondary N) is 1. The number of hydrogen-bond acceptors (Lipinski definition) is 4. The van der Waals surface area contributed by atoms with Gasteiger partial charge in [0, 0.05) is 33.3 Å². The number of likely N-dealkylation sites (tertiary alicyclic amines) is 1. The van der Waals surface area contributed by atoms with Crippen molar-refractivity contribution in [1.29, 1.82) is 0 Å². The standard InChI is InChI=1S/C20H31N3O3/c1-4-25-15-18-10-7-6-9-16(18)13-22-20(21-3)23-12-8-11-17(14-23)19(24)26-5-2/h6-7,9-10,17H,4-5,8,11-15H2,1-3H3,(H,21,22). The molecule has 0 radical (unpaired) electrons. The summed E-state index contributed by atoms with van der Waals surface area (Å²) in [6.07, 6.45) is 1.84. The molecule has 1 N–H and O–H groups in total. The van der Waals surface area contributed by atoms with Gasteiger partial charge in [-0.25, -0.2) is 0 Å². The fourth-order valence-corrected chi connectivity index (χ4v) is 3.21. The first kappa shape index (κ1) is 20.2. The second kappa shape index (κ2) is 10.8. The molecule has 0 saturated carbocycles. The lowest BCUT2D eigenvalue weighted by atomic mass is 9.98. The van der Waals surface area contributed by atoms with E-state index in [9.17, 15) is 4.79 Å². The van der Waals surface area contributed by atoms with Crippen LogP contribution in [0.1, 0.15) is 37.8 Å². The van der Waals surface area contributed by atoms with Crippen molar-refractivity contribution < 1.29 is 14.3 Å². The zero-order chi connectivity index (χ0) is 18.8. The summed E-state index contributed by atoms with van der Waals surface area (Å²) < 4.78 is 10.7. The van der Waals surface area contributed by atoms with E-state index in [-0.39, 0.29) is 11.9 Å². The van der Waals surface area contributed by atoms with Gasteiger partial charge in [-0.2, -0.15) is 0 Å². The molecule has 0 bridgehead atoms. The van der Waals surface area contributed by atoms with Crippen molar-refractivity contribution in [1.82, 2.24) is 10.2 Å². The Hall–Kier alpha value is -2.08. The molecule has 1 unspecified atom stereocenters. The van der Waals surface area contributed by atoms with Crippen molar-refractivity contribution in [3.63, 3.8) is 0 Å². The molecular formula is C20H31N3O3. The maximum absolute atomic E-state index is 12.1. The van der Waals surface area contributed by atoms with E-state index in [1.807, 2.05) is 26.0 Å². The normalized spacial score (nSPS) is 17.9. The number of nitrogens with zero attached hydrogens (tertiary/aromatic N) is 2. The highest BCUT2D eigenvalue weighted by molar-refractivity contribution is 5.81. The van der Waals surface area contributed by atoms with Gasteiger partial charge in [0.1, 0.15) is 0 Å². The van der Waals surface area contributed by atoms with E-state index in [1.54, 1.807) is 7.05 Å². The van der Waals surface area contributed by atoms with E-state index in [0.29, 0.717) is 32.9 Å². The molecule has 1 aliphatic rings. The predicted molar refractivity (Wildman–Crippen MR) is 103 cm³/mol. The van der Waals surface area contributed by atoms with Crippen molar-refractivity contribution in [2.24, 2.45) is 10.9 Å². The van der Waals surface area contributed by atoms with Gasteiger partial charge in [-0.3, -0.25) is 9.79 Å². The van der Waals surface area contributed by atoms with Crippen molar-refractivity contribution in [3.8, 4) is 0 Å². The van der Waals surface area contributed by atoms with E-state index >= 15 is 0 Å². The molecule has 6 nitrogen and oxygen atoms in total. The van der Waals surface area contributed by atoms with Crippen molar-refractivity contribution >= 4 is 11.9 Å². The van der Waals surface area contributed by atoms with E-state index in [2.05, 4.69) is 27.3 Å². The highest BCUT2D eigenvalue weighted by Gasteiger charge is 2.28. The predicted octanol–water partition coefficient (Wildman–Crippen LogP) is 2.57. The Morgan fingerprint density at radius 3 is 2.73 bits per heavy atom. The molecule has 1 aliphatic heterocycles. The zero-order valence-electron chi connectivity index (χ0n) is 16.2. The maximum atomic E-state index is 12.1. The molecule has 1 heterocycles. The van der Waals surface area contributed by atoms with Crippen LogP contribution in [0.2, 0.25) is 0 Å². The molecule has 1 saturated heterocycles. The van der Waals surface area contributed by atoms with Gasteiger partial charge >= 0.3 is 5.97 Å². The molecule has 6 heteroatoms. The summed E-state index contributed by atoms with van der Waals surface area (Å²) in [5, 5.41) is 3.43. The Labute approximate surface area is 156 Å². The van der Waals surface area contributed by atoms with Gasteiger partial charge in [0.2, 0.25) is 0 Å². The van der Waals surface area contributed by atoms with Gasteiger partial charge in [0.15, 0.2) is 5.96 Å². The second-order valence-corrected chi connectivity index (χ2v) is 6.34. The van der Waals surface area contributed by atoms with Crippen LogP contribution in [0.25, 0.3) is 0 Å². The average molecular weight is 361 g/mol. The SMILES string of the molecule is CCOCc1ccccc1CNC(=NC)N1CCCC(C(=O)OCC)C1. The van der Waals surface area contributed by atoms with Gasteiger partial charge in [0.05, 0.1) is 19.1 Å². The lowest BCUT2D eigenvalue weighted by Gasteiger charge is -2.34. The summed E-state index contributed by atoms with van der Waals surface area (Å²) in [6.45, 7) is 7.82. The quantitative estimate of drug-likeness (QED) is 0.459. The number of aliphatic imine (C=N–C) groups is 1. The van der Waals surface area contributed by atoms with Crippen LogP contribution in [0, 0.1) is 5.92 Å². The fraction of sp³-hybridized carbons (Fsp3) is 0.600. The van der Waals surface area contributed by atoms with Crippen LogP contribution in [0.15, 0.2) is 29.3 Å². The molecule has 1 aromatic carbocycles. The molecule has 1 aromatic rings. The molecule has 1 atom stereocenters. The summed E-state index contributed by atoms with van der Waals surface area (Å²) in [4.78, 5) is 18.6. The van der Waals surface area contributed by atoms with Crippen LogP contribution in [-0.4, -0.2) is 50.2 Å². The number of carbonyl (C=O) groups is 1. The molecule has 0 aromatic heterocycles. The minimum absolute atomic E-state index is 0.0764. The highest BCUT2D eigenvalue weighted by atomic mass is 16.5. The van der Waals surface area contributed by atoms with E-state index in [1.165, 1.54) is 11.1 Å². The maximum Gasteiger partial charge on any atom is 0.310 e. The molecule has 0 spiro atoms. The Morgan fingerprint density at radius 1 is 1.27 bits per heavy atom. The first-order valence-electron chi connectivity index (χ1n) is 9.46. The molecule has 144 valence electrons. The van der Waals surface area contributed by atoms with Crippen LogP contribution >= 0.6 is 0 Å². The van der Waals surface area contributed by atoms with Crippen molar-refractivity contribution in [2.75, 3.05) is 33.4 Å². The summed E-state index contributed by atoms with van der Waals surface area (Å²) >= 11 is 0. The van der Waals surface area contributed by atoms with Gasteiger partial charge in [-0.1, -0.05) is 24.3 Å². The van der Waals surface area contributed by atoms with E-state index < -0.39 is 0 Å². The minimum atomic E-state index is -0.102. The van der Waals surface area contributed by atoms with Crippen molar-refractivity contribution in [2.45, 2.75) is 39.8 Å². The number of ether oxygens (including phenoxy) is 2. The third-order valence-corrected chi connectivity index (χ3v) is 4.57. The van der Waals surface area contributed by atoms with Crippen LogP contribution in [0.4, 0.5) is 0 Å². The van der Waals surface area contributed by atoms with Gasteiger partial charge in [0.25, 0.3) is 0 Å². The molecule has 2 rings (SSSR count). The van der Waals surface area contributed by atoms with Gasteiger partial charge < -0.3 is 19.7 Å². The fourth-order valence-electron chi connectivity index (χ4n) is 3.21. The monoisotopic (exact) mass is 361 g/mol. The Bertz CT molecular complexity index is 604. The minimum Gasteiger partial charge on any atom is -0.466 e. The summed E-state index contributed by atoms with van der Waals surface area (Å²) in [7, 11) is 1.78. The van der Waals surface area contributed by atoms with Gasteiger partial charge in [-0.05, 0) is 37.8 Å². The largest absolute Gasteiger partial charge is 0.466 e. The third-order valence-electron chi connectivity index (χ3n) is 4.57. The van der Waals surface area contributed by atoms with E-state index in [0.717, 1.165) is 25.3 Å². The number of esters is 1. The zero-order valence-corrected chi connectivity index (χ0v) is 16.2. The molecule has 0 aliphatic carbocycles. The molecule has 26 heavy (non-hydrogen) atoms. The molecular weight excluding hydrogens is 330 g/mol. The second-order valence-electron chi connectivity index (χ2n) is 6.34. The average Bonchev–Trinajstić information content (AvgIpc) is 2.68. The van der Waals surface area contributed by atoms with E-state index in [4.69, 9.17) is 9.47 Å². The topological polar surface area (TPSA) is 63.2 Å². The number of guanidine groups is 1. The number of rotatable bonds is 7. The Morgan fingerprint density at radius 2 is 2.04 bits per heavy atom. The lowest BCUT2D eigenvalue weighted by molar-refractivity contribution is -0.149. The smallest absolute Gasteiger partial charge is 0.310 e.